The van der Waals surface area contributed by atoms with E-state index in [9.17, 15) is 9.18 Å². The molecule has 0 saturated carbocycles. The van der Waals surface area contributed by atoms with Crippen molar-refractivity contribution >= 4 is 23.3 Å². The SMILES string of the molecule is COC(=O)/C(C#N)=C/Nc1ccc(F)c(Cl)c1. The van der Waals surface area contributed by atoms with Gasteiger partial charge < -0.3 is 10.1 Å². The summed E-state index contributed by atoms with van der Waals surface area (Å²) in [5.41, 5.74) is 0.251. The van der Waals surface area contributed by atoms with Crippen molar-refractivity contribution in [2.24, 2.45) is 0 Å². The van der Waals surface area contributed by atoms with E-state index in [0.717, 1.165) is 6.20 Å². The summed E-state index contributed by atoms with van der Waals surface area (Å²) in [6.45, 7) is 0. The zero-order chi connectivity index (χ0) is 12.8. The Kier molecular flexibility index (Phi) is 4.49. The van der Waals surface area contributed by atoms with Gasteiger partial charge in [-0.2, -0.15) is 5.26 Å². The number of benzene rings is 1. The summed E-state index contributed by atoms with van der Waals surface area (Å²) >= 11 is 5.56. The maximum atomic E-state index is 12.8. The summed E-state index contributed by atoms with van der Waals surface area (Å²) < 4.78 is 17.2. The van der Waals surface area contributed by atoms with Gasteiger partial charge in [-0.1, -0.05) is 11.6 Å². The molecule has 0 atom stereocenters. The standard InChI is InChI=1S/C11H8ClFN2O2/c1-17-11(16)7(5-14)6-15-8-2-3-10(13)9(12)4-8/h2-4,6,15H,1H3/b7-6+. The maximum Gasteiger partial charge on any atom is 0.350 e. The Morgan fingerprint density at radius 3 is 2.88 bits per heavy atom. The van der Waals surface area contributed by atoms with Crippen molar-refractivity contribution in [2.75, 3.05) is 12.4 Å². The van der Waals surface area contributed by atoms with Gasteiger partial charge in [0, 0.05) is 11.9 Å². The molecule has 0 spiro atoms. The topological polar surface area (TPSA) is 62.1 Å². The molecule has 0 aliphatic rings. The molecule has 88 valence electrons. The van der Waals surface area contributed by atoms with E-state index in [4.69, 9.17) is 16.9 Å². The third-order valence-corrected chi connectivity index (χ3v) is 2.12. The van der Waals surface area contributed by atoms with E-state index in [1.54, 1.807) is 6.07 Å². The monoisotopic (exact) mass is 254 g/mol. The summed E-state index contributed by atoms with van der Waals surface area (Å²) in [4.78, 5) is 11.0. The first-order chi connectivity index (χ1) is 8.08. The fourth-order valence-electron chi connectivity index (χ4n) is 0.988. The van der Waals surface area contributed by atoms with Gasteiger partial charge in [0.05, 0.1) is 12.1 Å². The van der Waals surface area contributed by atoms with Crippen LogP contribution in [0.4, 0.5) is 10.1 Å². The number of ether oxygens (including phenoxy) is 1. The Bertz CT molecular complexity index is 509. The Morgan fingerprint density at radius 1 is 1.65 bits per heavy atom. The van der Waals surface area contributed by atoms with Crippen LogP contribution in [0.15, 0.2) is 30.0 Å². The van der Waals surface area contributed by atoms with Gasteiger partial charge in [0.15, 0.2) is 5.57 Å². The number of nitrogens with zero attached hydrogens (tertiary/aromatic N) is 1. The lowest BCUT2D eigenvalue weighted by atomic mass is 10.3. The van der Waals surface area contributed by atoms with Gasteiger partial charge in [0.25, 0.3) is 0 Å². The Hall–Kier alpha value is -2.06. The molecule has 0 aliphatic carbocycles. The molecule has 0 fully saturated rings. The molecule has 1 N–H and O–H groups in total. The van der Waals surface area contributed by atoms with Crippen LogP contribution < -0.4 is 5.32 Å². The van der Waals surface area contributed by atoms with E-state index in [1.807, 2.05) is 0 Å². The quantitative estimate of drug-likeness (QED) is 0.511. The number of rotatable bonds is 3. The molecule has 0 aliphatic heterocycles. The first-order valence-corrected chi connectivity index (χ1v) is 4.86. The predicted octanol–water partition coefficient (Wildman–Crippen LogP) is 2.47. The van der Waals surface area contributed by atoms with Crippen LogP contribution >= 0.6 is 11.6 Å². The third kappa shape index (κ3) is 3.47. The molecule has 1 rings (SSSR count). The highest BCUT2D eigenvalue weighted by Crippen LogP contribution is 2.19. The van der Waals surface area contributed by atoms with E-state index in [-0.39, 0.29) is 10.6 Å². The van der Waals surface area contributed by atoms with Gasteiger partial charge in [-0.25, -0.2) is 9.18 Å². The summed E-state index contributed by atoms with van der Waals surface area (Å²) in [7, 11) is 1.17. The molecular formula is C11H8ClFN2O2. The van der Waals surface area contributed by atoms with Crippen LogP contribution in [0.1, 0.15) is 0 Å². The minimum atomic E-state index is -0.756. The summed E-state index contributed by atoms with van der Waals surface area (Å²) in [5, 5.41) is 11.2. The van der Waals surface area contributed by atoms with Crippen molar-refractivity contribution in [2.45, 2.75) is 0 Å². The Balaban J connectivity index is 2.85. The lowest BCUT2D eigenvalue weighted by Crippen LogP contribution is -2.05. The van der Waals surface area contributed by atoms with Crippen LogP contribution in [0.25, 0.3) is 0 Å². The van der Waals surface area contributed by atoms with Gasteiger partial charge in [-0.3, -0.25) is 0 Å². The largest absolute Gasteiger partial charge is 0.465 e. The van der Waals surface area contributed by atoms with Crippen LogP contribution in [-0.4, -0.2) is 13.1 Å². The van der Waals surface area contributed by atoms with Crippen molar-refractivity contribution in [1.82, 2.24) is 0 Å². The highest BCUT2D eigenvalue weighted by atomic mass is 35.5. The molecule has 0 unspecified atom stereocenters. The smallest absolute Gasteiger partial charge is 0.350 e. The van der Waals surface area contributed by atoms with E-state index in [0.29, 0.717) is 5.69 Å². The molecule has 0 aromatic heterocycles. The van der Waals surface area contributed by atoms with Crippen LogP contribution in [0.3, 0.4) is 0 Å². The number of nitrogens with one attached hydrogen (secondary N) is 1. The first kappa shape index (κ1) is 13.0. The zero-order valence-corrected chi connectivity index (χ0v) is 9.58. The molecule has 0 radical (unpaired) electrons. The summed E-state index contributed by atoms with van der Waals surface area (Å²) in [6.07, 6.45) is 1.16. The van der Waals surface area contributed by atoms with Crippen molar-refractivity contribution in [1.29, 1.82) is 5.26 Å². The number of halogens is 2. The minimum Gasteiger partial charge on any atom is -0.465 e. The van der Waals surface area contributed by atoms with Crippen LogP contribution in [-0.2, 0) is 9.53 Å². The number of hydrogen-bond acceptors (Lipinski definition) is 4. The average Bonchev–Trinajstić information content (AvgIpc) is 2.33. The number of anilines is 1. The van der Waals surface area contributed by atoms with E-state index < -0.39 is 11.8 Å². The third-order valence-electron chi connectivity index (χ3n) is 1.83. The lowest BCUT2D eigenvalue weighted by molar-refractivity contribution is -0.135. The number of nitriles is 1. The van der Waals surface area contributed by atoms with Crippen molar-refractivity contribution in [3.8, 4) is 6.07 Å². The molecule has 0 heterocycles. The predicted molar refractivity (Wildman–Crippen MR) is 60.7 cm³/mol. The minimum absolute atomic E-state index is 0.0556. The van der Waals surface area contributed by atoms with Crippen LogP contribution in [0.2, 0.25) is 5.02 Å². The number of esters is 1. The molecular weight excluding hydrogens is 247 g/mol. The van der Waals surface area contributed by atoms with Gasteiger partial charge in [0.1, 0.15) is 11.9 Å². The summed E-state index contributed by atoms with van der Waals surface area (Å²) in [5.74, 6) is -1.30. The maximum absolute atomic E-state index is 12.8. The summed E-state index contributed by atoms with van der Waals surface area (Å²) in [6, 6.07) is 5.59. The molecule has 1 aromatic carbocycles. The second-order valence-corrected chi connectivity index (χ2v) is 3.34. The molecule has 0 saturated heterocycles. The molecule has 17 heavy (non-hydrogen) atoms. The average molecular weight is 255 g/mol. The van der Waals surface area contributed by atoms with Gasteiger partial charge in [0.2, 0.25) is 0 Å². The fourth-order valence-corrected chi connectivity index (χ4v) is 1.17. The number of carbonyl (C=O) groups is 1. The van der Waals surface area contributed by atoms with Crippen molar-refractivity contribution < 1.29 is 13.9 Å². The van der Waals surface area contributed by atoms with Gasteiger partial charge in [-0.05, 0) is 18.2 Å². The van der Waals surface area contributed by atoms with Gasteiger partial charge in [-0.15, -0.1) is 0 Å². The second kappa shape index (κ2) is 5.87. The number of hydrogen-bond donors (Lipinski definition) is 1. The Labute approximate surface area is 102 Å². The van der Waals surface area contributed by atoms with Crippen molar-refractivity contribution in [3.63, 3.8) is 0 Å². The van der Waals surface area contributed by atoms with Crippen molar-refractivity contribution in [3.05, 3.63) is 40.8 Å². The van der Waals surface area contributed by atoms with Crippen LogP contribution in [0, 0.1) is 17.1 Å². The molecule has 6 heteroatoms. The lowest BCUT2D eigenvalue weighted by Gasteiger charge is -2.02. The highest BCUT2D eigenvalue weighted by Gasteiger charge is 2.08. The zero-order valence-electron chi connectivity index (χ0n) is 8.83. The normalized spacial score (nSPS) is 10.6. The molecule has 0 bridgehead atoms. The fraction of sp³-hybridized carbons (Fsp3) is 0.0909. The first-order valence-electron chi connectivity index (χ1n) is 4.48. The Morgan fingerprint density at radius 2 is 2.35 bits per heavy atom. The number of carbonyl (C=O) groups excluding carboxylic acids is 1. The molecule has 4 nitrogen and oxygen atoms in total. The molecule has 1 aromatic rings. The second-order valence-electron chi connectivity index (χ2n) is 2.93. The van der Waals surface area contributed by atoms with E-state index in [1.165, 1.54) is 25.3 Å². The molecule has 0 amide bonds. The van der Waals surface area contributed by atoms with Crippen LogP contribution in [0.5, 0.6) is 0 Å². The van der Waals surface area contributed by atoms with E-state index >= 15 is 0 Å². The van der Waals surface area contributed by atoms with E-state index in [2.05, 4.69) is 10.1 Å². The highest BCUT2D eigenvalue weighted by molar-refractivity contribution is 6.31. The van der Waals surface area contributed by atoms with Gasteiger partial charge >= 0.3 is 5.97 Å². The number of methoxy groups -OCH3 is 1.